The number of unbranched alkanes of at least 4 members (excludes halogenated alkanes) is 25. The summed E-state index contributed by atoms with van der Waals surface area (Å²) in [5, 5.41) is 53.9. The summed E-state index contributed by atoms with van der Waals surface area (Å²) in [5.41, 5.74) is 0. The largest absolute Gasteiger partial charge is 0.394 e. The highest BCUT2D eigenvalue weighted by molar-refractivity contribution is 5.76. The lowest BCUT2D eigenvalue weighted by Crippen LogP contribution is -2.60. The molecule has 0 aromatic rings. The lowest BCUT2D eigenvalue weighted by molar-refractivity contribution is -0.302. The van der Waals surface area contributed by atoms with Crippen LogP contribution >= 0.6 is 0 Å². The van der Waals surface area contributed by atoms with Crippen molar-refractivity contribution in [2.75, 3.05) is 13.2 Å². The molecular formula is C57H101NO8. The molecule has 6 N–H and O–H groups in total. The molecule has 1 aliphatic rings. The Morgan fingerprint density at radius 3 is 1.39 bits per heavy atom. The van der Waals surface area contributed by atoms with Crippen LogP contribution in [0, 0.1) is 0 Å². The zero-order chi connectivity index (χ0) is 48.0. The van der Waals surface area contributed by atoms with Crippen molar-refractivity contribution >= 4 is 5.91 Å². The Bertz CT molecular complexity index is 1260. The molecule has 0 bridgehead atoms. The third-order valence-electron chi connectivity index (χ3n) is 12.5. The lowest BCUT2D eigenvalue weighted by atomic mass is 9.99. The van der Waals surface area contributed by atoms with E-state index in [-0.39, 0.29) is 12.5 Å². The molecule has 0 aliphatic carbocycles. The van der Waals surface area contributed by atoms with Crippen molar-refractivity contribution in [1.29, 1.82) is 0 Å². The Labute approximate surface area is 404 Å². The van der Waals surface area contributed by atoms with Gasteiger partial charge in [-0.25, -0.2) is 0 Å². The minimum absolute atomic E-state index is 0.182. The van der Waals surface area contributed by atoms with Gasteiger partial charge in [0.15, 0.2) is 6.29 Å². The zero-order valence-corrected chi connectivity index (χ0v) is 42.2. The molecule has 1 aliphatic heterocycles. The Kier molecular flexibility index (Phi) is 43.3. The quantitative estimate of drug-likeness (QED) is 0.0261. The molecule has 1 rings (SSSR count). The molecule has 7 unspecified atom stereocenters. The number of ether oxygens (including phenoxy) is 2. The van der Waals surface area contributed by atoms with Crippen LogP contribution in [-0.4, -0.2) is 87.5 Å². The van der Waals surface area contributed by atoms with Crippen molar-refractivity contribution in [3.63, 3.8) is 0 Å². The number of aliphatic hydroxyl groups is 5. The second-order valence-electron chi connectivity index (χ2n) is 18.6. The molecule has 0 radical (unpaired) electrons. The number of allylic oxidation sites excluding steroid dienone is 11. The maximum Gasteiger partial charge on any atom is 0.220 e. The van der Waals surface area contributed by atoms with E-state index in [4.69, 9.17) is 9.47 Å². The molecule has 0 aromatic carbocycles. The average Bonchev–Trinajstić information content (AvgIpc) is 3.32. The predicted molar refractivity (Wildman–Crippen MR) is 276 cm³/mol. The minimum Gasteiger partial charge on any atom is -0.394 e. The van der Waals surface area contributed by atoms with Gasteiger partial charge in [-0.05, 0) is 64.2 Å². The first kappa shape index (κ1) is 61.6. The molecule has 0 spiro atoms. The van der Waals surface area contributed by atoms with E-state index in [0.29, 0.717) is 6.42 Å². The minimum atomic E-state index is -1.56. The third-order valence-corrected chi connectivity index (χ3v) is 12.5. The fourth-order valence-corrected chi connectivity index (χ4v) is 8.24. The van der Waals surface area contributed by atoms with Crippen molar-refractivity contribution in [1.82, 2.24) is 5.32 Å². The van der Waals surface area contributed by atoms with E-state index in [0.717, 1.165) is 77.0 Å². The fourth-order valence-electron chi connectivity index (χ4n) is 8.24. The molecule has 382 valence electrons. The second-order valence-corrected chi connectivity index (χ2v) is 18.6. The SMILES string of the molecule is CC/C=C\C/C=C\C/C=C\C/C=C\C/C=C\CCCCCCCCCCCCCCCCCCCCCCCC(=O)NC(COC1OC(CO)C(O)C(O)C1O)C(O)/C=C/CCCCCC. The van der Waals surface area contributed by atoms with Gasteiger partial charge in [0, 0.05) is 6.42 Å². The van der Waals surface area contributed by atoms with Crippen LogP contribution in [0.3, 0.4) is 0 Å². The smallest absolute Gasteiger partial charge is 0.220 e. The summed E-state index contributed by atoms with van der Waals surface area (Å²) < 4.78 is 11.2. The average molecular weight is 928 g/mol. The van der Waals surface area contributed by atoms with Gasteiger partial charge in [-0.3, -0.25) is 4.79 Å². The summed E-state index contributed by atoms with van der Waals surface area (Å²) in [6, 6.07) is -0.801. The van der Waals surface area contributed by atoms with Crippen molar-refractivity contribution in [3.8, 4) is 0 Å². The van der Waals surface area contributed by atoms with Gasteiger partial charge in [0.05, 0.1) is 25.4 Å². The first-order valence-corrected chi connectivity index (χ1v) is 27.2. The van der Waals surface area contributed by atoms with Gasteiger partial charge in [0.1, 0.15) is 24.4 Å². The van der Waals surface area contributed by atoms with E-state index in [2.05, 4.69) is 79.9 Å². The Morgan fingerprint density at radius 1 is 0.530 bits per heavy atom. The number of hydrogen-bond acceptors (Lipinski definition) is 8. The zero-order valence-electron chi connectivity index (χ0n) is 42.2. The molecule has 66 heavy (non-hydrogen) atoms. The number of carbonyl (C=O) groups is 1. The van der Waals surface area contributed by atoms with Gasteiger partial charge < -0.3 is 40.3 Å². The fraction of sp³-hybridized carbons (Fsp3) is 0.772. The van der Waals surface area contributed by atoms with Gasteiger partial charge in [0.25, 0.3) is 0 Å². The molecule has 0 aromatic heterocycles. The van der Waals surface area contributed by atoms with E-state index in [1.165, 1.54) is 128 Å². The van der Waals surface area contributed by atoms with Crippen LogP contribution in [-0.2, 0) is 14.3 Å². The number of carbonyl (C=O) groups excluding carboxylic acids is 1. The summed E-state index contributed by atoms with van der Waals surface area (Å²) in [4.78, 5) is 12.9. The lowest BCUT2D eigenvalue weighted by Gasteiger charge is -2.40. The van der Waals surface area contributed by atoms with E-state index >= 15 is 0 Å². The highest BCUT2D eigenvalue weighted by Crippen LogP contribution is 2.23. The summed E-state index contributed by atoms with van der Waals surface area (Å²) in [5.74, 6) is -0.182. The summed E-state index contributed by atoms with van der Waals surface area (Å²) in [6.45, 7) is 3.57. The van der Waals surface area contributed by atoms with Crippen LogP contribution in [0.5, 0.6) is 0 Å². The summed E-state index contributed by atoms with van der Waals surface area (Å²) in [6.07, 6.45) is 57.4. The van der Waals surface area contributed by atoms with Crippen LogP contribution in [0.25, 0.3) is 0 Å². The molecule has 1 heterocycles. The molecule has 9 nitrogen and oxygen atoms in total. The van der Waals surface area contributed by atoms with Crippen molar-refractivity contribution < 1.29 is 39.8 Å². The molecule has 1 saturated heterocycles. The van der Waals surface area contributed by atoms with Crippen molar-refractivity contribution in [2.24, 2.45) is 0 Å². The van der Waals surface area contributed by atoms with Crippen LogP contribution < -0.4 is 5.32 Å². The van der Waals surface area contributed by atoms with Crippen LogP contribution in [0.1, 0.15) is 226 Å². The van der Waals surface area contributed by atoms with Gasteiger partial charge in [-0.15, -0.1) is 0 Å². The predicted octanol–water partition coefficient (Wildman–Crippen LogP) is 12.9. The first-order chi connectivity index (χ1) is 32.3. The summed E-state index contributed by atoms with van der Waals surface area (Å²) in [7, 11) is 0. The number of nitrogens with one attached hydrogen (secondary N) is 1. The maximum atomic E-state index is 12.9. The monoisotopic (exact) mass is 928 g/mol. The van der Waals surface area contributed by atoms with E-state index in [9.17, 15) is 30.3 Å². The second kappa shape index (κ2) is 46.4. The van der Waals surface area contributed by atoms with Crippen molar-refractivity contribution in [3.05, 3.63) is 72.9 Å². The van der Waals surface area contributed by atoms with E-state index < -0.39 is 49.5 Å². The van der Waals surface area contributed by atoms with E-state index in [1.54, 1.807) is 6.08 Å². The van der Waals surface area contributed by atoms with Crippen molar-refractivity contribution in [2.45, 2.75) is 269 Å². The molecule has 9 heteroatoms. The summed E-state index contributed by atoms with van der Waals surface area (Å²) >= 11 is 0. The third kappa shape index (κ3) is 35.7. The maximum absolute atomic E-state index is 12.9. The first-order valence-electron chi connectivity index (χ1n) is 27.2. The highest BCUT2D eigenvalue weighted by Gasteiger charge is 2.44. The number of rotatable bonds is 45. The van der Waals surface area contributed by atoms with Gasteiger partial charge in [-0.2, -0.15) is 0 Å². The molecular weight excluding hydrogens is 827 g/mol. The normalized spacial score (nSPS) is 20.4. The topological polar surface area (TPSA) is 149 Å². The van der Waals surface area contributed by atoms with E-state index in [1.807, 2.05) is 6.08 Å². The Morgan fingerprint density at radius 2 is 0.939 bits per heavy atom. The highest BCUT2D eigenvalue weighted by atomic mass is 16.7. The molecule has 1 fully saturated rings. The Balaban J connectivity index is 1.99. The van der Waals surface area contributed by atoms with Gasteiger partial charge in [0.2, 0.25) is 5.91 Å². The van der Waals surface area contributed by atoms with Crippen LogP contribution in [0.4, 0.5) is 0 Å². The molecule has 0 saturated carbocycles. The van der Waals surface area contributed by atoms with Crippen LogP contribution in [0.15, 0.2) is 72.9 Å². The Hall–Kier alpha value is -2.37. The van der Waals surface area contributed by atoms with Crippen LogP contribution in [0.2, 0.25) is 0 Å². The van der Waals surface area contributed by atoms with Gasteiger partial charge >= 0.3 is 0 Å². The number of amides is 1. The standard InChI is InChI=1S/C57H101NO8/c1-3-5-7-9-11-12-13-14-15-16-17-18-19-20-21-22-23-24-25-26-27-28-29-30-31-32-33-34-35-36-37-38-39-40-41-43-45-47-53(61)58-50(51(60)46-44-42-10-8-6-4-2)49-65-57-56(64)55(63)54(62)52(48-59)66-57/h5,7,11-12,14-15,17-18,20-21,44,46,50-52,54-57,59-60,62-64H,3-4,6,8-10,13,16,19,22-43,45,47-49H2,1-2H3,(H,58,61)/b7-5-,12-11-,15-14-,18-17-,21-20-,46-44+. The molecule has 7 atom stereocenters. The molecule has 1 amide bonds. The number of hydrogen-bond donors (Lipinski definition) is 6. The van der Waals surface area contributed by atoms with Gasteiger partial charge in [-0.1, -0.05) is 228 Å². The number of aliphatic hydroxyl groups excluding tert-OH is 5.